The van der Waals surface area contributed by atoms with Crippen LogP contribution in [-0.4, -0.2) is 61.7 Å². The highest BCUT2D eigenvalue weighted by atomic mass is 79.9. The van der Waals surface area contributed by atoms with Crippen molar-refractivity contribution in [2.45, 2.75) is 38.9 Å². The maximum absolute atomic E-state index is 15.2. The van der Waals surface area contributed by atoms with Gasteiger partial charge in [0.1, 0.15) is 44.4 Å². The van der Waals surface area contributed by atoms with Crippen LogP contribution < -0.4 is 39.1 Å². The van der Waals surface area contributed by atoms with Gasteiger partial charge in [0, 0.05) is 12.1 Å². The molecule has 0 radical (unpaired) electrons. The first-order valence-electron chi connectivity index (χ1n) is 22.8. The van der Waals surface area contributed by atoms with Gasteiger partial charge in [0.15, 0.2) is 34.6 Å². The van der Waals surface area contributed by atoms with Crippen LogP contribution in [-0.2, 0) is 17.1 Å². The summed E-state index contributed by atoms with van der Waals surface area (Å²) in [5.74, 6) is -14.7. The summed E-state index contributed by atoms with van der Waals surface area (Å²) < 4.78 is 262. The topological polar surface area (TPSA) is 166 Å². The van der Waals surface area contributed by atoms with Crippen LogP contribution in [0.4, 0.5) is 72.8 Å². The molecule has 0 fully saturated rings. The van der Waals surface area contributed by atoms with E-state index in [4.69, 9.17) is 17.7 Å². The van der Waals surface area contributed by atoms with Crippen LogP contribution in [0.1, 0.15) is 61.9 Å². The van der Waals surface area contributed by atoms with Gasteiger partial charge in [-0.1, -0.05) is 0 Å². The number of hydrogen-bond donors (Lipinski definition) is 2. The van der Waals surface area contributed by atoms with Gasteiger partial charge in [0.05, 0.1) is 63.3 Å². The number of amides is 2. The Morgan fingerprint density at radius 2 is 0.947 bits per heavy atom. The molecule has 4 aromatic carbocycles. The lowest BCUT2D eigenvalue weighted by atomic mass is 10.1. The van der Waals surface area contributed by atoms with Gasteiger partial charge in [-0.05, 0) is 103 Å². The Balaban J connectivity index is 0.000000298. The molecule has 2 heterocycles. The first-order chi connectivity index (χ1) is 37.1. The number of esters is 1. The average molecular weight is 1150 g/mol. The Hall–Kier alpha value is -8.11. The second-order valence-electron chi connectivity index (χ2n) is 14.3. The van der Waals surface area contributed by atoms with Crippen molar-refractivity contribution in [1.29, 1.82) is 0 Å². The number of benzene rings is 4. The van der Waals surface area contributed by atoms with Crippen molar-refractivity contribution in [2.75, 3.05) is 31.8 Å². The van der Waals surface area contributed by atoms with Gasteiger partial charge >= 0.3 is 31.0 Å². The van der Waals surface area contributed by atoms with Gasteiger partial charge in [-0.25, -0.2) is 23.5 Å². The molecule has 0 aliphatic heterocycles. The van der Waals surface area contributed by atoms with E-state index < -0.39 is 137 Å². The van der Waals surface area contributed by atoms with Crippen LogP contribution in [0.3, 0.4) is 0 Å². The highest BCUT2D eigenvalue weighted by molar-refractivity contribution is 9.10. The second-order valence-corrected chi connectivity index (χ2v) is 15.1. The number of carbonyl (C=O) groups is 3. The van der Waals surface area contributed by atoms with Gasteiger partial charge in [0.25, 0.3) is 11.8 Å². The summed E-state index contributed by atoms with van der Waals surface area (Å²) in [6.07, 6.45) is -20.9. The van der Waals surface area contributed by atoms with Crippen molar-refractivity contribution in [3.63, 3.8) is 0 Å². The third-order valence-corrected chi connectivity index (χ3v) is 9.70. The molecular weight excluding hydrogens is 1110 g/mol. The molecule has 14 nitrogen and oxygen atoms in total. The number of anilines is 2. The zero-order valence-corrected chi connectivity index (χ0v) is 38.8. The van der Waals surface area contributed by atoms with E-state index in [1.807, 2.05) is 0 Å². The van der Waals surface area contributed by atoms with Crippen LogP contribution in [0.25, 0.3) is 0 Å². The molecule has 6 aromatic rings. The molecule has 0 saturated heterocycles. The minimum absolute atomic E-state index is 0.00559. The monoisotopic (exact) mass is 1150 g/mol. The third kappa shape index (κ3) is 15.0. The minimum atomic E-state index is -5.27. The standard InChI is InChI=1S/C24H17F7N2O6.C22H14BrF7N2O4/c1-11-14(6-7-15(32-11)22(35)37-3)33-21(34)19-17(9-5-13(20(19)25)23(26,27)28)38-16-8-4-12(10-18(16)36-2)39-24(29,30)31;1-10-13(5-8-17(23)31-10)32-20(33)18-15(7-4-12(19(18)24)21(25,26)27)35-14-6-3-11(9-16(14)34-2)36-22(28,29)30/h4-10H,1-3H3,(H,33,34);3-9H,1-2H3,(H,32,33)/i2*2D3. The molecule has 0 bridgehead atoms. The number of ether oxygens (including phenoxy) is 7. The van der Waals surface area contributed by atoms with E-state index in [0.717, 1.165) is 25.3 Å². The summed E-state index contributed by atoms with van der Waals surface area (Å²) in [5.41, 5.74) is -6.40. The largest absolute Gasteiger partial charge is 0.573 e. The van der Waals surface area contributed by atoms with Gasteiger partial charge in [-0.15, -0.1) is 26.3 Å². The van der Waals surface area contributed by atoms with Crippen molar-refractivity contribution >= 4 is 45.1 Å². The van der Waals surface area contributed by atoms with Crippen LogP contribution in [0.15, 0.2) is 89.5 Å². The molecular formula is C46H31BrF14N4O10. The summed E-state index contributed by atoms with van der Waals surface area (Å²) >= 11 is 3.10. The zero-order valence-electron chi connectivity index (χ0n) is 43.2. The number of hydrogen-bond acceptors (Lipinski definition) is 12. The number of methoxy groups -OCH3 is 3. The second kappa shape index (κ2) is 23.0. The molecule has 0 aliphatic rings. The van der Waals surface area contributed by atoms with Crippen molar-refractivity contribution in [1.82, 2.24) is 9.97 Å². The van der Waals surface area contributed by atoms with Crippen molar-refractivity contribution in [2.24, 2.45) is 0 Å². The van der Waals surface area contributed by atoms with Crippen molar-refractivity contribution in [3.8, 4) is 46.0 Å². The molecule has 0 aliphatic carbocycles. The summed E-state index contributed by atoms with van der Waals surface area (Å²) in [4.78, 5) is 45.6. The number of halogens is 15. The predicted molar refractivity (Wildman–Crippen MR) is 235 cm³/mol. The summed E-state index contributed by atoms with van der Waals surface area (Å²) in [6.45, 7) is 2.76. The number of aromatic nitrogens is 2. The number of alkyl halides is 12. The molecule has 2 aromatic heterocycles. The molecule has 2 amide bonds. The highest BCUT2D eigenvalue weighted by Crippen LogP contribution is 2.43. The number of pyridine rings is 2. The Labute approximate surface area is 429 Å². The van der Waals surface area contributed by atoms with Crippen LogP contribution >= 0.6 is 15.9 Å². The smallest absolute Gasteiger partial charge is 0.493 e. The zero-order chi connectivity index (χ0) is 61.0. The van der Waals surface area contributed by atoms with Gasteiger partial charge in [-0.3, -0.25) is 9.59 Å². The summed E-state index contributed by atoms with van der Waals surface area (Å²) in [6, 6.07) is 10.2. The predicted octanol–water partition coefficient (Wildman–Crippen LogP) is 13.5. The van der Waals surface area contributed by atoms with Crippen LogP contribution in [0, 0.1) is 25.5 Å². The number of rotatable bonds is 13. The fraction of sp³-hybridized carbons (Fsp3) is 0.196. The maximum atomic E-state index is 15.2. The fourth-order valence-corrected chi connectivity index (χ4v) is 6.43. The number of nitrogens with one attached hydrogen (secondary N) is 2. The lowest BCUT2D eigenvalue weighted by Gasteiger charge is -2.18. The number of nitrogens with zero attached hydrogens (tertiary/aromatic N) is 2. The van der Waals surface area contributed by atoms with Gasteiger partial charge < -0.3 is 43.8 Å². The van der Waals surface area contributed by atoms with Crippen molar-refractivity contribution < 1.29 is 117 Å². The molecule has 0 unspecified atom stereocenters. The van der Waals surface area contributed by atoms with E-state index in [2.05, 4.69) is 60.2 Å². The van der Waals surface area contributed by atoms with Crippen LogP contribution in [0.5, 0.6) is 46.0 Å². The van der Waals surface area contributed by atoms with E-state index >= 15 is 8.78 Å². The number of aryl methyl sites for hydroxylation is 2. The van der Waals surface area contributed by atoms with E-state index in [9.17, 15) is 67.1 Å². The molecule has 2 N–H and O–H groups in total. The summed E-state index contributed by atoms with van der Waals surface area (Å²) in [7, 11) is -5.41. The minimum Gasteiger partial charge on any atom is -0.493 e. The molecule has 400 valence electrons. The molecule has 0 saturated carbocycles. The Morgan fingerprint density at radius 3 is 1.31 bits per heavy atom. The quantitative estimate of drug-likeness (QED) is 0.0639. The molecule has 0 atom stereocenters. The van der Waals surface area contributed by atoms with E-state index in [0.29, 0.717) is 47.1 Å². The fourth-order valence-electron chi connectivity index (χ4n) is 6.03. The SMILES string of the molecule is [2H]C([2H])([2H])Oc1cc(OC(F)(F)F)ccc1Oc1ccc(C(F)(F)F)c(F)c1C(=O)Nc1ccc(Br)nc1C.[2H]C([2H])([2H])Oc1cc(OC(F)(F)F)ccc1Oc1ccc(C(F)(F)F)c(F)c1C(=O)Nc1ccc(C(=O)OC)nc1C. The number of carbonyl (C=O) groups excluding carboxylic acids is 3. The molecule has 75 heavy (non-hydrogen) atoms. The normalized spacial score (nSPS) is 13.1. The van der Waals surface area contributed by atoms with Crippen LogP contribution in [0.2, 0.25) is 0 Å². The lowest BCUT2D eigenvalue weighted by Crippen LogP contribution is -2.20. The summed E-state index contributed by atoms with van der Waals surface area (Å²) in [5, 5.41) is 4.35. The molecule has 6 rings (SSSR count). The van der Waals surface area contributed by atoms with Gasteiger partial charge in [-0.2, -0.15) is 26.3 Å². The molecule has 29 heteroatoms. The Kier molecular flexibility index (Phi) is 15.0. The lowest BCUT2D eigenvalue weighted by molar-refractivity contribution is -0.275. The first-order valence-corrected chi connectivity index (χ1v) is 20.6. The average Bonchev–Trinajstić information content (AvgIpc) is 3.47. The molecule has 0 spiro atoms. The van der Waals surface area contributed by atoms with E-state index in [-0.39, 0.29) is 40.6 Å². The maximum Gasteiger partial charge on any atom is 0.573 e. The first kappa shape index (κ1) is 49.1. The highest BCUT2D eigenvalue weighted by Gasteiger charge is 2.40. The van der Waals surface area contributed by atoms with E-state index in [1.165, 1.54) is 26.0 Å². The van der Waals surface area contributed by atoms with Crippen molar-refractivity contribution in [3.05, 3.63) is 141 Å². The Bertz CT molecular complexity index is 3350. The van der Waals surface area contributed by atoms with Gasteiger partial charge in [0.2, 0.25) is 0 Å². The Morgan fingerprint density at radius 1 is 0.547 bits per heavy atom. The van der Waals surface area contributed by atoms with E-state index in [1.54, 1.807) is 0 Å². The third-order valence-electron chi connectivity index (χ3n) is 9.26.